The minimum atomic E-state index is -1.04. The summed E-state index contributed by atoms with van der Waals surface area (Å²) in [6.45, 7) is 15.9. The standard InChI is InChI=1S/C36H58N6O5/c1-22(2)28(20-23(3)31(43)39-19-15-14-17-26(37)34(46)47)42(11)33(45)30(35(4,5)6)40-32(44)29(38-9)36(7,8)25-21-41(10)27-18-13-12-16-24(25)27/h12-13,16,18,20-22,26,28-30,38H,14-15,17,19,37H2,1-11H3,(H,39,43)(H,40,44)(H,46,47)/b23-20+/t26?,28-,29-,30-/m1/s1. The molecular weight excluding hydrogens is 596 g/mol. The third-order valence-corrected chi connectivity index (χ3v) is 9.06. The van der Waals surface area contributed by atoms with Gasteiger partial charge in [0.25, 0.3) is 0 Å². The summed E-state index contributed by atoms with van der Waals surface area (Å²) in [5.41, 5.74) is 6.89. The van der Waals surface area contributed by atoms with Crippen LogP contribution in [0.25, 0.3) is 10.9 Å². The lowest BCUT2D eigenvalue weighted by Crippen LogP contribution is -2.61. The van der Waals surface area contributed by atoms with Crippen molar-refractivity contribution in [2.75, 3.05) is 20.6 Å². The Morgan fingerprint density at radius 1 is 1.04 bits per heavy atom. The number of nitrogens with two attached hydrogens (primary N) is 1. The summed E-state index contributed by atoms with van der Waals surface area (Å²) in [6, 6.07) is 5.32. The normalized spacial score (nSPS) is 15.2. The lowest BCUT2D eigenvalue weighted by atomic mass is 9.76. The van der Waals surface area contributed by atoms with Crippen molar-refractivity contribution in [3.8, 4) is 0 Å². The smallest absolute Gasteiger partial charge is 0.320 e. The van der Waals surface area contributed by atoms with E-state index in [1.54, 1.807) is 32.0 Å². The van der Waals surface area contributed by atoms with Gasteiger partial charge >= 0.3 is 5.97 Å². The van der Waals surface area contributed by atoms with Gasteiger partial charge in [0.2, 0.25) is 17.7 Å². The molecule has 1 unspecified atom stereocenters. The maximum absolute atomic E-state index is 14.2. The van der Waals surface area contributed by atoms with Crippen LogP contribution in [0.4, 0.5) is 0 Å². The van der Waals surface area contributed by atoms with Gasteiger partial charge in [0, 0.05) is 48.7 Å². The number of aryl methyl sites for hydroxylation is 1. The highest BCUT2D eigenvalue weighted by Crippen LogP contribution is 2.35. The second-order valence-electron chi connectivity index (χ2n) is 14.7. The molecule has 0 aliphatic carbocycles. The van der Waals surface area contributed by atoms with Gasteiger partial charge in [0.15, 0.2) is 0 Å². The van der Waals surface area contributed by atoms with E-state index >= 15 is 0 Å². The molecule has 0 saturated heterocycles. The molecule has 47 heavy (non-hydrogen) atoms. The average molecular weight is 655 g/mol. The van der Waals surface area contributed by atoms with Gasteiger partial charge in [-0.1, -0.05) is 72.7 Å². The number of nitrogens with one attached hydrogen (secondary N) is 3. The summed E-state index contributed by atoms with van der Waals surface area (Å²) in [4.78, 5) is 53.6. The average Bonchev–Trinajstić information content (AvgIpc) is 3.34. The molecule has 11 heteroatoms. The van der Waals surface area contributed by atoms with Crippen LogP contribution in [0.5, 0.6) is 0 Å². The number of likely N-dealkylation sites (N-methyl/N-ethyl adjacent to an activating group) is 2. The lowest BCUT2D eigenvalue weighted by Gasteiger charge is -2.39. The molecule has 0 fully saturated rings. The summed E-state index contributed by atoms with van der Waals surface area (Å²) in [6.07, 6.45) is 5.37. The number of hydrogen-bond donors (Lipinski definition) is 5. The molecule has 0 spiro atoms. The van der Waals surface area contributed by atoms with E-state index in [2.05, 4.69) is 38.8 Å². The van der Waals surface area contributed by atoms with E-state index in [1.807, 2.05) is 67.6 Å². The van der Waals surface area contributed by atoms with E-state index < -0.39 is 41.0 Å². The van der Waals surface area contributed by atoms with Crippen molar-refractivity contribution in [1.29, 1.82) is 0 Å². The first-order chi connectivity index (χ1) is 21.7. The minimum absolute atomic E-state index is 0.0177. The van der Waals surface area contributed by atoms with E-state index in [9.17, 15) is 19.2 Å². The van der Waals surface area contributed by atoms with Crippen LogP contribution in [0.1, 0.15) is 80.2 Å². The second kappa shape index (κ2) is 16.4. The van der Waals surface area contributed by atoms with Gasteiger partial charge in [0.1, 0.15) is 12.1 Å². The molecule has 4 atom stereocenters. The molecular formula is C36H58N6O5. The maximum Gasteiger partial charge on any atom is 0.320 e. The number of benzene rings is 1. The first-order valence-electron chi connectivity index (χ1n) is 16.5. The number of carbonyl (C=O) groups is 4. The molecule has 6 N–H and O–H groups in total. The van der Waals surface area contributed by atoms with Gasteiger partial charge in [0.05, 0.1) is 12.1 Å². The summed E-state index contributed by atoms with van der Waals surface area (Å²) >= 11 is 0. The van der Waals surface area contributed by atoms with Crippen LogP contribution in [0.2, 0.25) is 0 Å². The number of unbranched alkanes of at least 4 members (excludes halogenated alkanes) is 1. The highest BCUT2D eigenvalue weighted by Gasteiger charge is 2.42. The van der Waals surface area contributed by atoms with E-state index in [1.165, 1.54) is 0 Å². The Balaban J connectivity index is 2.24. The lowest BCUT2D eigenvalue weighted by molar-refractivity contribution is -0.141. The number of rotatable bonds is 16. The van der Waals surface area contributed by atoms with Gasteiger partial charge < -0.3 is 36.3 Å². The largest absolute Gasteiger partial charge is 0.480 e. The summed E-state index contributed by atoms with van der Waals surface area (Å²) in [5, 5.41) is 19.2. The van der Waals surface area contributed by atoms with Crippen molar-refractivity contribution in [1.82, 2.24) is 25.4 Å². The zero-order valence-corrected chi connectivity index (χ0v) is 30.2. The zero-order chi connectivity index (χ0) is 35.9. The first kappa shape index (κ1) is 39.5. The van der Waals surface area contributed by atoms with Crippen molar-refractivity contribution in [3.05, 3.63) is 47.7 Å². The number of aliphatic carboxylic acids is 1. The van der Waals surface area contributed by atoms with Crippen molar-refractivity contribution in [2.45, 2.75) is 104 Å². The number of hydrogen-bond acceptors (Lipinski definition) is 6. The van der Waals surface area contributed by atoms with E-state index in [-0.39, 0.29) is 23.6 Å². The number of nitrogens with zero attached hydrogens (tertiary/aromatic N) is 2. The Labute approximate surface area is 280 Å². The van der Waals surface area contributed by atoms with Crippen LogP contribution in [0, 0.1) is 11.3 Å². The van der Waals surface area contributed by atoms with Gasteiger partial charge in [-0.05, 0) is 56.2 Å². The van der Waals surface area contributed by atoms with Crippen LogP contribution >= 0.6 is 0 Å². The fourth-order valence-corrected chi connectivity index (χ4v) is 6.09. The highest BCUT2D eigenvalue weighted by atomic mass is 16.4. The molecule has 0 bridgehead atoms. The van der Waals surface area contributed by atoms with Crippen LogP contribution in [0.3, 0.4) is 0 Å². The van der Waals surface area contributed by atoms with Crippen LogP contribution in [-0.4, -0.2) is 83.1 Å². The molecule has 2 rings (SSSR count). The van der Waals surface area contributed by atoms with Crippen LogP contribution in [-0.2, 0) is 31.6 Å². The molecule has 1 aromatic carbocycles. The van der Waals surface area contributed by atoms with Crippen LogP contribution in [0.15, 0.2) is 42.1 Å². The van der Waals surface area contributed by atoms with Gasteiger partial charge in [-0.15, -0.1) is 0 Å². The van der Waals surface area contributed by atoms with Gasteiger partial charge in [-0.3, -0.25) is 19.2 Å². The van der Waals surface area contributed by atoms with Crippen LogP contribution < -0.4 is 21.7 Å². The fraction of sp³-hybridized carbons (Fsp3) is 0.611. The summed E-state index contributed by atoms with van der Waals surface area (Å²) in [7, 11) is 5.46. The van der Waals surface area contributed by atoms with E-state index in [0.717, 1.165) is 16.5 Å². The second-order valence-corrected chi connectivity index (χ2v) is 14.7. The van der Waals surface area contributed by atoms with E-state index in [4.69, 9.17) is 10.8 Å². The molecule has 2 aromatic rings. The molecule has 1 aromatic heterocycles. The molecule has 1 heterocycles. The Morgan fingerprint density at radius 3 is 2.21 bits per heavy atom. The molecule has 0 aliphatic heterocycles. The molecule has 3 amide bonds. The fourth-order valence-electron chi connectivity index (χ4n) is 6.09. The van der Waals surface area contributed by atoms with E-state index in [0.29, 0.717) is 31.4 Å². The van der Waals surface area contributed by atoms with Crippen molar-refractivity contribution < 1.29 is 24.3 Å². The Kier molecular flexibility index (Phi) is 13.8. The molecule has 11 nitrogen and oxygen atoms in total. The number of carboxylic acids is 1. The monoisotopic (exact) mass is 654 g/mol. The Hall–Kier alpha value is -3.70. The van der Waals surface area contributed by atoms with Crippen molar-refractivity contribution in [3.63, 3.8) is 0 Å². The summed E-state index contributed by atoms with van der Waals surface area (Å²) < 4.78 is 2.06. The number of carbonyl (C=O) groups excluding carboxylic acids is 3. The number of para-hydroxylation sites is 1. The highest BCUT2D eigenvalue weighted by molar-refractivity contribution is 5.94. The minimum Gasteiger partial charge on any atom is -0.480 e. The zero-order valence-electron chi connectivity index (χ0n) is 30.2. The number of aromatic nitrogens is 1. The van der Waals surface area contributed by atoms with Crippen molar-refractivity contribution >= 4 is 34.6 Å². The summed E-state index contributed by atoms with van der Waals surface area (Å²) in [5.74, 6) is -1.83. The Morgan fingerprint density at radius 2 is 1.66 bits per heavy atom. The molecule has 0 radical (unpaired) electrons. The number of amides is 3. The maximum atomic E-state index is 14.2. The van der Waals surface area contributed by atoms with Crippen molar-refractivity contribution in [2.24, 2.45) is 24.1 Å². The number of fused-ring (bicyclic) bond motifs is 1. The predicted molar refractivity (Wildman–Crippen MR) is 188 cm³/mol. The number of carboxylic acid groups (broad SMARTS) is 1. The molecule has 0 aliphatic rings. The third kappa shape index (κ3) is 9.90. The molecule has 0 saturated carbocycles. The van der Waals surface area contributed by atoms with Gasteiger partial charge in [-0.2, -0.15) is 0 Å². The topological polar surface area (TPSA) is 159 Å². The van der Waals surface area contributed by atoms with Gasteiger partial charge in [-0.25, -0.2) is 0 Å². The third-order valence-electron chi connectivity index (χ3n) is 9.06. The first-order valence-corrected chi connectivity index (χ1v) is 16.5. The quantitative estimate of drug-likeness (QED) is 0.136. The SMILES string of the molecule is CN[C@H](C(=O)N[C@H](C(=O)N(C)[C@H](/C=C(\C)C(=O)NCCCCC(N)C(=O)O)C(C)C)C(C)(C)C)C(C)(C)c1cn(C)c2ccccc12. The molecule has 262 valence electrons. The Bertz CT molecular complexity index is 1440. The predicted octanol–water partition coefficient (Wildman–Crippen LogP) is 3.70.